The second kappa shape index (κ2) is 6.26. The zero-order valence-electron chi connectivity index (χ0n) is 12.4. The van der Waals surface area contributed by atoms with Crippen molar-refractivity contribution in [2.75, 3.05) is 0 Å². The summed E-state index contributed by atoms with van der Waals surface area (Å²) in [5, 5.41) is 0. The van der Waals surface area contributed by atoms with Crippen molar-refractivity contribution in [3.05, 3.63) is 48.5 Å². The van der Waals surface area contributed by atoms with Gasteiger partial charge in [0.1, 0.15) is 0 Å². The third-order valence-electron chi connectivity index (χ3n) is 4.74. The topological polar surface area (TPSA) is 0 Å². The van der Waals surface area contributed by atoms with E-state index < -0.39 is 0 Å². The molecular weight excluding hydrogens is 240 g/mol. The third kappa shape index (κ3) is 2.65. The average Bonchev–Trinajstić information content (AvgIpc) is 2.54. The Morgan fingerprint density at radius 2 is 1.10 bits per heavy atom. The summed E-state index contributed by atoms with van der Waals surface area (Å²) in [5.41, 5.74) is 5.59. The Bertz CT molecular complexity index is 462. The molecule has 0 heterocycles. The molecule has 0 nitrogen and oxygen atoms in total. The first-order valence-corrected chi connectivity index (χ1v) is 8.09. The molecule has 4 rings (SSSR count). The Morgan fingerprint density at radius 3 is 1.40 bits per heavy atom. The number of hydrogen-bond donors (Lipinski definition) is 0. The van der Waals surface area contributed by atoms with Crippen LogP contribution in [0.15, 0.2) is 48.5 Å². The van der Waals surface area contributed by atoms with E-state index in [4.69, 9.17) is 0 Å². The molecule has 2 aromatic carbocycles. The van der Waals surface area contributed by atoms with E-state index in [1.807, 2.05) is 0 Å². The van der Waals surface area contributed by atoms with Gasteiger partial charge in [0.2, 0.25) is 0 Å². The molecule has 0 N–H and O–H groups in total. The predicted molar refractivity (Wildman–Crippen MR) is 87.7 cm³/mol. The lowest BCUT2D eigenvalue weighted by Crippen LogP contribution is -2.03. The Balaban J connectivity index is 0.000000133. The fourth-order valence-electron chi connectivity index (χ4n) is 3.44. The molecule has 1 saturated carbocycles. The maximum Gasteiger partial charge on any atom is -0.00990 e. The molecule has 2 aliphatic rings. The van der Waals surface area contributed by atoms with E-state index in [-0.39, 0.29) is 0 Å². The Morgan fingerprint density at radius 1 is 0.700 bits per heavy atom. The maximum absolute atomic E-state index is 2.32. The summed E-state index contributed by atoms with van der Waals surface area (Å²) in [5.74, 6) is 1.09. The van der Waals surface area contributed by atoms with E-state index in [1.165, 1.54) is 60.8 Å². The monoisotopic (exact) mass is 264 g/mol. The Hall–Kier alpha value is -1.56. The minimum atomic E-state index is 1.09. The zero-order chi connectivity index (χ0) is 13.8. The first-order valence-electron chi connectivity index (χ1n) is 8.09. The van der Waals surface area contributed by atoms with Crippen molar-refractivity contribution in [3.8, 4) is 22.3 Å². The van der Waals surface area contributed by atoms with Crippen LogP contribution < -0.4 is 0 Å². The van der Waals surface area contributed by atoms with Crippen LogP contribution in [0.1, 0.15) is 45.4 Å². The molecule has 0 heteroatoms. The number of rotatable bonds is 1. The molecule has 2 aromatic rings. The van der Waals surface area contributed by atoms with Gasteiger partial charge in [0.25, 0.3) is 0 Å². The van der Waals surface area contributed by atoms with Gasteiger partial charge in [0, 0.05) is 0 Å². The molecule has 20 heavy (non-hydrogen) atoms. The smallest absolute Gasteiger partial charge is 0.00990 e. The van der Waals surface area contributed by atoms with E-state index in [9.17, 15) is 0 Å². The highest BCUT2D eigenvalue weighted by atomic mass is 14.2. The number of hydrogen-bond acceptors (Lipinski definition) is 0. The summed E-state index contributed by atoms with van der Waals surface area (Å²) in [6, 6.07) is 17.1. The molecule has 2 aliphatic carbocycles. The van der Waals surface area contributed by atoms with Crippen LogP contribution in [0.4, 0.5) is 0 Å². The van der Waals surface area contributed by atoms with E-state index in [1.54, 1.807) is 0 Å². The molecular formula is C20H24. The van der Waals surface area contributed by atoms with Gasteiger partial charge in [-0.05, 0) is 28.2 Å². The lowest BCUT2D eigenvalue weighted by atomic mass is 9.81. The van der Waals surface area contributed by atoms with E-state index in [0.717, 1.165) is 5.92 Å². The van der Waals surface area contributed by atoms with Crippen LogP contribution in [0.25, 0.3) is 22.3 Å². The van der Waals surface area contributed by atoms with Gasteiger partial charge in [-0.25, -0.2) is 0 Å². The van der Waals surface area contributed by atoms with E-state index in [2.05, 4.69) is 55.5 Å². The second-order valence-corrected chi connectivity index (χ2v) is 6.00. The summed E-state index contributed by atoms with van der Waals surface area (Å²) in [4.78, 5) is 0. The van der Waals surface area contributed by atoms with Crippen LogP contribution in [0.2, 0.25) is 0 Å². The van der Waals surface area contributed by atoms with Gasteiger partial charge in [0.15, 0.2) is 0 Å². The van der Waals surface area contributed by atoms with Crippen LogP contribution in [0.5, 0.6) is 0 Å². The highest BCUT2D eigenvalue weighted by molar-refractivity contribution is 6.02. The predicted octanol–water partition coefficient (Wildman–Crippen LogP) is 6.31. The summed E-state index contributed by atoms with van der Waals surface area (Å²) >= 11 is 0. The fraction of sp³-hybridized carbons (Fsp3) is 0.400. The molecule has 0 unspecified atom stereocenters. The summed E-state index contributed by atoms with van der Waals surface area (Å²) in [7, 11) is 0. The second-order valence-electron chi connectivity index (χ2n) is 6.00. The van der Waals surface area contributed by atoms with Crippen LogP contribution >= 0.6 is 0 Å². The van der Waals surface area contributed by atoms with Crippen molar-refractivity contribution in [2.24, 2.45) is 5.92 Å². The highest BCUT2D eigenvalue weighted by Gasteiger charge is 2.19. The maximum atomic E-state index is 2.32. The van der Waals surface area contributed by atoms with Crippen molar-refractivity contribution >= 4 is 0 Å². The standard InChI is InChI=1S/C12H8.C8H16/c1-2-6-10-9(5-1)11-7-3-4-8-12(10)11;1-2-8-6-4-3-5-7-8/h1-8H;8H,2-7H2,1H3. The van der Waals surface area contributed by atoms with Crippen molar-refractivity contribution in [1.29, 1.82) is 0 Å². The first-order chi connectivity index (χ1) is 9.90. The summed E-state index contributed by atoms with van der Waals surface area (Å²) in [6.07, 6.45) is 8.93. The zero-order valence-corrected chi connectivity index (χ0v) is 12.4. The SMILES string of the molecule is CCC1CCCCC1.c1ccc2c(c1)-c1ccccc1-2. The van der Waals surface area contributed by atoms with Gasteiger partial charge in [0.05, 0.1) is 0 Å². The van der Waals surface area contributed by atoms with Gasteiger partial charge in [-0.1, -0.05) is 94.0 Å². The van der Waals surface area contributed by atoms with Gasteiger partial charge in [-0.3, -0.25) is 0 Å². The van der Waals surface area contributed by atoms with Gasteiger partial charge in [-0.15, -0.1) is 0 Å². The highest BCUT2D eigenvalue weighted by Crippen LogP contribution is 2.46. The normalized spacial score (nSPS) is 16.2. The Labute approximate surface area is 122 Å². The van der Waals surface area contributed by atoms with E-state index in [0.29, 0.717) is 0 Å². The molecule has 0 saturated heterocycles. The average molecular weight is 264 g/mol. The van der Waals surface area contributed by atoms with Crippen LogP contribution in [-0.2, 0) is 0 Å². The quantitative estimate of drug-likeness (QED) is 0.483. The lowest BCUT2D eigenvalue weighted by Gasteiger charge is -2.22. The largest absolute Gasteiger partial charge is 0.0651 e. The van der Waals surface area contributed by atoms with Gasteiger partial charge in [-0.2, -0.15) is 0 Å². The minimum absolute atomic E-state index is 1.09. The van der Waals surface area contributed by atoms with Gasteiger partial charge < -0.3 is 0 Å². The molecule has 0 radical (unpaired) electrons. The molecule has 1 fully saturated rings. The summed E-state index contributed by atoms with van der Waals surface area (Å²) < 4.78 is 0. The molecule has 0 aromatic heterocycles. The summed E-state index contributed by atoms with van der Waals surface area (Å²) in [6.45, 7) is 2.32. The molecule has 0 atom stereocenters. The van der Waals surface area contributed by atoms with Crippen LogP contribution in [-0.4, -0.2) is 0 Å². The third-order valence-corrected chi connectivity index (χ3v) is 4.74. The molecule has 0 aliphatic heterocycles. The lowest BCUT2D eigenvalue weighted by molar-refractivity contribution is 0.349. The molecule has 0 bridgehead atoms. The molecule has 0 amide bonds. The molecule has 104 valence electrons. The van der Waals surface area contributed by atoms with Crippen molar-refractivity contribution in [2.45, 2.75) is 45.4 Å². The number of benzene rings is 2. The minimum Gasteiger partial charge on any atom is -0.0651 e. The fourth-order valence-corrected chi connectivity index (χ4v) is 3.44. The molecule has 0 spiro atoms. The number of fused-ring (bicyclic) bond motifs is 4. The van der Waals surface area contributed by atoms with Crippen molar-refractivity contribution < 1.29 is 0 Å². The van der Waals surface area contributed by atoms with Crippen molar-refractivity contribution in [3.63, 3.8) is 0 Å². The van der Waals surface area contributed by atoms with Crippen LogP contribution in [0.3, 0.4) is 0 Å². The Kier molecular flexibility index (Phi) is 4.20. The van der Waals surface area contributed by atoms with Gasteiger partial charge >= 0.3 is 0 Å². The van der Waals surface area contributed by atoms with Crippen molar-refractivity contribution in [1.82, 2.24) is 0 Å². The van der Waals surface area contributed by atoms with E-state index >= 15 is 0 Å². The van der Waals surface area contributed by atoms with Crippen LogP contribution in [0, 0.1) is 5.92 Å². The first kappa shape index (κ1) is 13.4.